The number of carbonyl (C=O) groups excluding carboxylic acids is 1. The van der Waals surface area contributed by atoms with E-state index in [9.17, 15) is 14.3 Å². The van der Waals surface area contributed by atoms with Gasteiger partial charge in [-0.15, -0.1) is 0 Å². The number of piperidine rings is 1. The van der Waals surface area contributed by atoms with E-state index in [4.69, 9.17) is 4.74 Å². The number of carbonyl (C=O) groups is 1. The summed E-state index contributed by atoms with van der Waals surface area (Å²) in [5.74, 6) is -0.224. The number of ether oxygens (including phenoxy) is 1. The number of halogens is 1. The first-order valence-corrected chi connectivity index (χ1v) is 7.61. The van der Waals surface area contributed by atoms with Crippen LogP contribution in [-0.2, 0) is 6.54 Å². The molecule has 0 saturated carbocycles. The molecule has 2 amide bonds. The van der Waals surface area contributed by atoms with E-state index >= 15 is 0 Å². The Hall–Kier alpha value is -1.82. The topological polar surface area (TPSA) is 61.8 Å². The Labute approximate surface area is 130 Å². The fourth-order valence-electron chi connectivity index (χ4n) is 2.43. The molecule has 1 aliphatic rings. The van der Waals surface area contributed by atoms with Gasteiger partial charge in [0.05, 0.1) is 12.2 Å². The summed E-state index contributed by atoms with van der Waals surface area (Å²) in [5.41, 5.74) is 0.666. The van der Waals surface area contributed by atoms with Crippen LogP contribution in [0.15, 0.2) is 18.2 Å². The molecule has 1 atom stereocenters. The number of hydrogen-bond donors (Lipinski definition) is 2. The van der Waals surface area contributed by atoms with Crippen molar-refractivity contribution in [2.75, 3.05) is 13.1 Å². The van der Waals surface area contributed by atoms with Crippen LogP contribution >= 0.6 is 0 Å². The zero-order valence-corrected chi connectivity index (χ0v) is 13.0. The molecule has 2 rings (SSSR count). The van der Waals surface area contributed by atoms with E-state index < -0.39 is 11.9 Å². The lowest BCUT2D eigenvalue weighted by Gasteiger charge is -2.30. The average molecular weight is 310 g/mol. The van der Waals surface area contributed by atoms with Crippen molar-refractivity contribution in [3.63, 3.8) is 0 Å². The fraction of sp³-hybridized carbons (Fsp3) is 0.562. The molecule has 1 unspecified atom stereocenters. The maximum atomic E-state index is 13.9. The highest BCUT2D eigenvalue weighted by Crippen LogP contribution is 2.19. The number of rotatable bonds is 4. The third-order valence-corrected chi connectivity index (χ3v) is 3.49. The minimum atomic E-state index is -0.454. The zero-order valence-electron chi connectivity index (χ0n) is 13.0. The van der Waals surface area contributed by atoms with Crippen LogP contribution in [0.25, 0.3) is 0 Å². The molecular weight excluding hydrogens is 287 g/mol. The Morgan fingerprint density at radius 2 is 2.32 bits per heavy atom. The summed E-state index contributed by atoms with van der Waals surface area (Å²) in [6.07, 6.45) is 0.978. The minimum absolute atomic E-state index is 0.0921. The SMILES string of the molecule is CC(C)Oc1ccc(CNC(=O)N2CCCC(O)C2)cc1F. The third kappa shape index (κ3) is 4.59. The number of β-amino-alcohol motifs (C(OH)–C–C–N with tert-alkyl or cyclic N) is 1. The monoisotopic (exact) mass is 310 g/mol. The van der Waals surface area contributed by atoms with Crippen molar-refractivity contribution in [1.82, 2.24) is 10.2 Å². The predicted molar refractivity (Wildman–Crippen MR) is 81.2 cm³/mol. The second kappa shape index (κ2) is 7.45. The van der Waals surface area contributed by atoms with Crippen LogP contribution in [0.5, 0.6) is 5.75 Å². The number of amides is 2. The van der Waals surface area contributed by atoms with Gasteiger partial charge in [-0.25, -0.2) is 9.18 Å². The van der Waals surface area contributed by atoms with E-state index in [0.29, 0.717) is 18.7 Å². The molecule has 22 heavy (non-hydrogen) atoms. The molecule has 1 saturated heterocycles. The molecule has 122 valence electrons. The van der Waals surface area contributed by atoms with E-state index in [-0.39, 0.29) is 24.4 Å². The van der Waals surface area contributed by atoms with Crippen molar-refractivity contribution < 1.29 is 19.0 Å². The third-order valence-electron chi connectivity index (χ3n) is 3.49. The highest BCUT2D eigenvalue weighted by Gasteiger charge is 2.21. The number of benzene rings is 1. The Morgan fingerprint density at radius 3 is 2.95 bits per heavy atom. The average Bonchev–Trinajstić information content (AvgIpc) is 2.47. The van der Waals surface area contributed by atoms with Crippen LogP contribution in [0.2, 0.25) is 0 Å². The van der Waals surface area contributed by atoms with Crippen LogP contribution < -0.4 is 10.1 Å². The zero-order chi connectivity index (χ0) is 16.1. The van der Waals surface area contributed by atoms with Crippen molar-refractivity contribution in [3.05, 3.63) is 29.6 Å². The molecule has 1 aliphatic heterocycles. The maximum Gasteiger partial charge on any atom is 0.317 e. The molecule has 6 heteroatoms. The smallest absolute Gasteiger partial charge is 0.317 e. The molecule has 0 aliphatic carbocycles. The van der Waals surface area contributed by atoms with Gasteiger partial charge in [0.25, 0.3) is 0 Å². The van der Waals surface area contributed by atoms with Crippen LogP contribution in [0.3, 0.4) is 0 Å². The number of nitrogens with one attached hydrogen (secondary N) is 1. The van der Waals surface area contributed by atoms with Crippen molar-refractivity contribution in [2.45, 2.75) is 45.4 Å². The molecule has 5 nitrogen and oxygen atoms in total. The molecule has 2 N–H and O–H groups in total. The van der Waals surface area contributed by atoms with Gasteiger partial charge in [0.2, 0.25) is 0 Å². The fourth-order valence-corrected chi connectivity index (χ4v) is 2.43. The highest BCUT2D eigenvalue weighted by atomic mass is 19.1. The van der Waals surface area contributed by atoms with Gasteiger partial charge in [-0.05, 0) is 44.4 Å². The summed E-state index contributed by atoms with van der Waals surface area (Å²) >= 11 is 0. The predicted octanol–water partition coefficient (Wildman–Crippen LogP) is 2.28. The summed E-state index contributed by atoms with van der Waals surface area (Å²) in [6.45, 7) is 4.89. The lowest BCUT2D eigenvalue weighted by Crippen LogP contribution is -2.46. The second-order valence-corrected chi connectivity index (χ2v) is 5.83. The highest BCUT2D eigenvalue weighted by molar-refractivity contribution is 5.74. The maximum absolute atomic E-state index is 13.9. The van der Waals surface area contributed by atoms with Crippen LogP contribution in [-0.4, -0.2) is 41.3 Å². The van der Waals surface area contributed by atoms with Crippen LogP contribution in [0.1, 0.15) is 32.3 Å². The van der Waals surface area contributed by atoms with Gasteiger partial charge in [0.15, 0.2) is 11.6 Å². The van der Waals surface area contributed by atoms with Gasteiger partial charge in [0.1, 0.15) is 0 Å². The number of aliphatic hydroxyl groups is 1. The van der Waals surface area contributed by atoms with Gasteiger partial charge in [-0.1, -0.05) is 6.07 Å². The van der Waals surface area contributed by atoms with Gasteiger partial charge >= 0.3 is 6.03 Å². The molecule has 1 heterocycles. The van der Waals surface area contributed by atoms with Crippen molar-refractivity contribution in [1.29, 1.82) is 0 Å². The Kier molecular flexibility index (Phi) is 5.60. The summed E-state index contributed by atoms with van der Waals surface area (Å²) in [7, 11) is 0. The normalized spacial score (nSPS) is 18.4. The number of aliphatic hydroxyl groups excluding tert-OH is 1. The number of hydrogen-bond acceptors (Lipinski definition) is 3. The number of likely N-dealkylation sites (tertiary alicyclic amines) is 1. The first kappa shape index (κ1) is 16.5. The van der Waals surface area contributed by atoms with Gasteiger partial charge in [-0.3, -0.25) is 0 Å². The Bertz CT molecular complexity index is 522. The lowest BCUT2D eigenvalue weighted by atomic mass is 10.1. The minimum Gasteiger partial charge on any atom is -0.488 e. The first-order chi connectivity index (χ1) is 10.5. The largest absolute Gasteiger partial charge is 0.488 e. The summed E-state index contributed by atoms with van der Waals surface area (Å²) in [4.78, 5) is 13.6. The lowest BCUT2D eigenvalue weighted by molar-refractivity contribution is 0.0842. The van der Waals surface area contributed by atoms with Gasteiger partial charge in [-0.2, -0.15) is 0 Å². The molecule has 0 bridgehead atoms. The number of nitrogens with zero attached hydrogens (tertiary/aromatic N) is 1. The van der Waals surface area contributed by atoms with Gasteiger partial charge < -0.3 is 20.1 Å². The Morgan fingerprint density at radius 1 is 1.55 bits per heavy atom. The van der Waals surface area contributed by atoms with Crippen LogP contribution in [0.4, 0.5) is 9.18 Å². The summed E-state index contributed by atoms with van der Waals surface area (Å²) in [5, 5.41) is 12.3. The summed E-state index contributed by atoms with van der Waals surface area (Å²) in [6, 6.07) is 4.43. The molecule has 1 aromatic rings. The van der Waals surface area contributed by atoms with E-state index in [1.165, 1.54) is 6.07 Å². The number of urea groups is 1. The van der Waals surface area contributed by atoms with Crippen molar-refractivity contribution in [3.8, 4) is 5.75 Å². The first-order valence-electron chi connectivity index (χ1n) is 7.61. The molecule has 0 radical (unpaired) electrons. The van der Waals surface area contributed by atoms with Gasteiger partial charge in [0, 0.05) is 19.6 Å². The molecule has 1 aromatic carbocycles. The molecule has 0 spiro atoms. The van der Waals surface area contributed by atoms with E-state index in [2.05, 4.69) is 5.32 Å². The second-order valence-electron chi connectivity index (χ2n) is 5.83. The molecule has 0 aromatic heterocycles. The Balaban J connectivity index is 1.88. The van der Waals surface area contributed by atoms with E-state index in [1.807, 2.05) is 13.8 Å². The standard InChI is InChI=1S/C16H23FN2O3/c1-11(2)22-15-6-5-12(8-14(15)17)9-18-16(21)19-7-3-4-13(20)10-19/h5-6,8,11,13,20H,3-4,7,9-10H2,1-2H3,(H,18,21). The van der Waals surface area contributed by atoms with Crippen LogP contribution in [0, 0.1) is 5.82 Å². The van der Waals surface area contributed by atoms with Crippen molar-refractivity contribution >= 4 is 6.03 Å². The van der Waals surface area contributed by atoms with Crippen molar-refractivity contribution in [2.24, 2.45) is 0 Å². The quantitative estimate of drug-likeness (QED) is 0.897. The molecular formula is C16H23FN2O3. The van der Waals surface area contributed by atoms with E-state index in [1.54, 1.807) is 17.0 Å². The summed E-state index contributed by atoms with van der Waals surface area (Å²) < 4.78 is 19.2. The van der Waals surface area contributed by atoms with E-state index in [0.717, 1.165) is 12.8 Å². The molecule has 1 fully saturated rings.